The lowest BCUT2D eigenvalue weighted by Gasteiger charge is -2.25. The molecule has 170 valence electrons. The molecule has 0 saturated carbocycles. The molecule has 33 heavy (non-hydrogen) atoms. The first-order valence-corrected chi connectivity index (χ1v) is 11.4. The number of aromatic hydroxyl groups is 1. The number of fused-ring (bicyclic) bond motifs is 1. The largest absolute Gasteiger partial charge is 0.508 e. The van der Waals surface area contributed by atoms with Crippen molar-refractivity contribution in [2.75, 3.05) is 25.6 Å². The second-order valence-electron chi connectivity index (χ2n) is 7.88. The molecule has 7 nitrogen and oxygen atoms in total. The first kappa shape index (κ1) is 22.5. The zero-order valence-corrected chi connectivity index (χ0v) is 19.7. The fourth-order valence-corrected chi connectivity index (χ4v) is 4.87. The fraction of sp³-hybridized carbons (Fsp3) is 0.240. The van der Waals surface area contributed by atoms with Gasteiger partial charge in [-0.25, -0.2) is 9.79 Å². The third-order valence-corrected chi connectivity index (χ3v) is 6.39. The summed E-state index contributed by atoms with van der Waals surface area (Å²) >= 11 is 1.25. The Morgan fingerprint density at radius 3 is 2.61 bits per heavy atom. The first-order valence-electron chi connectivity index (χ1n) is 10.6. The molecule has 1 aliphatic heterocycles. The molecule has 0 bridgehead atoms. The molecule has 1 N–H and O–H groups in total. The van der Waals surface area contributed by atoms with Gasteiger partial charge in [0.05, 0.1) is 28.5 Å². The number of carbonyl (C=O) groups excluding carboxylic acids is 1. The van der Waals surface area contributed by atoms with E-state index in [1.54, 1.807) is 42.7 Å². The lowest BCUT2D eigenvalue weighted by Crippen LogP contribution is -2.39. The predicted molar refractivity (Wildman–Crippen MR) is 129 cm³/mol. The molecular formula is C25H25N3O4S. The molecule has 1 aliphatic rings. The Hall–Kier alpha value is -3.65. The van der Waals surface area contributed by atoms with Crippen LogP contribution in [0.25, 0.3) is 6.08 Å². The Bertz CT molecular complexity index is 1420. The number of carbonyl (C=O) groups is 1. The van der Waals surface area contributed by atoms with Crippen LogP contribution in [0.3, 0.4) is 0 Å². The van der Waals surface area contributed by atoms with Gasteiger partial charge in [-0.1, -0.05) is 35.6 Å². The van der Waals surface area contributed by atoms with Crippen molar-refractivity contribution < 1.29 is 14.6 Å². The number of hydrogen-bond donors (Lipinski definition) is 1. The SMILES string of the molecule is CCOC(=O)C1=C(C)N=c2s/c(=C\c3cccc(O)c3)c(=O)n2C1c1ccc(N(C)C)cc1. The molecule has 3 aromatic rings. The van der Waals surface area contributed by atoms with Crippen molar-refractivity contribution in [3.05, 3.63) is 90.6 Å². The summed E-state index contributed by atoms with van der Waals surface area (Å²) in [5.41, 5.74) is 3.13. The van der Waals surface area contributed by atoms with E-state index in [4.69, 9.17) is 4.74 Å². The smallest absolute Gasteiger partial charge is 0.338 e. The summed E-state index contributed by atoms with van der Waals surface area (Å²) < 4.78 is 7.35. The summed E-state index contributed by atoms with van der Waals surface area (Å²) in [6.07, 6.45) is 1.72. The van der Waals surface area contributed by atoms with E-state index < -0.39 is 12.0 Å². The number of phenols is 1. The van der Waals surface area contributed by atoms with Crippen LogP contribution in [-0.4, -0.2) is 36.3 Å². The lowest BCUT2D eigenvalue weighted by molar-refractivity contribution is -0.139. The second-order valence-corrected chi connectivity index (χ2v) is 8.89. The third-order valence-electron chi connectivity index (χ3n) is 5.41. The molecule has 0 spiro atoms. The second kappa shape index (κ2) is 9.07. The summed E-state index contributed by atoms with van der Waals surface area (Å²) in [4.78, 5) is 33.5. The zero-order chi connectivity index (χ0) is 23.7. The highest BCUT2D eigenvalue weighted by atomic mass is 32.1. The number of anilines is 1. The average molecular weight is 464 g/mol. The normalized spacial score (nSPS) is 15.8. The van der Waals surface area contributed by atoms with Crippen molar-refractivity contribution in [1.82, 2.24) is 4.57 Å². The molecule has 0 amide bonds. The Morgan fingerprint density at radius 2 is 1.97 bits per heavy atom. The van der Waals surface area contributed by atoms with Gasteiger partial charge in [-0.15, -0.1) is 0 Å². The number of hydrogen-bond acceptors (Lipinski definition) is 7. The standard InChI is InChI=1S/C25H25N3O4S/c1-5-32-24(31)21-15(2)26-25-28(22(21)17-9-11-18(12-10-17)27(3)4)23(30)20(33-25)14-16-7-6-8-19(29)13-16/h6-14,22,29H,5H2,1-4H3/b20-14-. The number of esters is 1. The summed E-state index contributed by atoms with van der Waals surface area (Å²) in [5.74, 6) is -0.362. The molecule has 0 aliphatic carbocycles. The van der Waals surface area contributed by atoms with Crippen LogP contribution in [0.2, 0.25) is 0 Å². The van der Waals surface area contributed by atoms with Crippen LogP contribution >= 0.6 is 11.3 Å². The van der Waals surface area contributed by atoms with E-state index in [0.717, 1.165) is 11.3 Å². The molecular weight excluding hydrogens is 438 g/mol. The summed E-state index contributed by atoms with van der Waals surface area (Å²) in [5, 5.41) is 9.78. The average Bonchev–Trinajstić information content (AvgIpc) is 3.07. The van der Waals surface area contributed by atoms with Gasteiger partial charge in [0, 0.05) is 19.8 Å². The van der Waals surface area contributed by atoms with E-state index in [-0.39, 0.29) is 17.9 Å². The molecule has 2 heterocycles. The van der Waals surface area contributed by atoms with E-state index >= 15 is 0 Å². The van der Waals surface area contributed by atoms with Crippen LogP contribution < -0.4 is 19.8 Å². The van der Waals surface area contributed by atoms with Gasteiger partial charge in [0.15, 0.2) is 4.80 Å². The van der Waals surface area contributed by atoms with Gasteiger partial charge in [0.25, 0.3) is 5.56 Å². The van der Waals surface area contributed by atoms with Crippen molar-refractivity contribution in [3.8, 4) is 5.75 Å². The number of nitrogens with zero attached hydrogens (tertiary/aromatic N) is 3. The van der Waals surface area contributed by atoms with Crippen LogP contribution in [-0.2, 0) is 9.53 Å². The molecule has 8 heteroatoms. The number of rotatable bonds is 5. The van der Waals surface area contributed by atoms with Gasteiger partial charge >= 0.3 is 5.97 Å². The Balaban J connectivity index is 1.94. The van der Waals surface area contributed by atoms with Gasteiger partial charge in [-0.05, 0) is 55.3 Å². The minimum atomic E-state index is -0.650. The van der Waals surface area contributed by atoms with Crippen LogP contribution in [0.1, 0.15) is 31.0 Å². The highest BCUT2D eigenvalue weighted by Gasteiger charge is 2.33. The Morgan fingerprint density at radius 1 is 1.24 bits per heavy atom. The maximum absolute atomic E-state index is 13.5. The van der Waals surface area contributed by atoms with E-state index in [1.807, 2.05) is 49.3 Å². The maximum atomic E-state index is 13.5. The molecule has 1 aromatic heterocycles. The number of thiazole rings is 1. The van der Waals surface area contributed by atoms with E-state index in [2.05, 4.69) is 4.99 Å². The molecule has 0 fully saturated rings. The van der Waals surface area contributed by atoms with Crippen molar-refractivity contribution in [3.63, 3.8) is 0 Å². The molecule has 0 radical (unpaired) electrons. The van der Waals surface area contributed by atoms with E-state index in [9.17, 15) is 14.7 Å². The first-order chi connectivity index (χ1) is 15.8. The summed E-state index contributed by atoms with van der Waals surface area (Å²) in [6, 6.07) is 13.8. The zero-order valence-electron chi connectivity index (χ0n) is 18.9. The number of phenolic OH excluding ortho intramolecular Hbond substituents is 1. The monoisotopic (exact) mass is 463 g/mol. The van der Waals surface area contributed by atoms with Crippen molar-refractivity contribution in [2.45, 2.75) is 19.9 Å². The maximum Gasteiger partial charge on any atom is 0.338 e. The molecule has 1 atom stereocenters. The number of ether oxygens (including phenoxy) is 1. The minimum absolute atomic E-state index is 0.121. The van der Waals surface area contributed by atoms with Crippen molar-refractivity contribution in [2.24, 2.45) is 4.99 Å². The van der Waals surface area contributed by atoms with Gasteiger partial charge < -0.3 is 14.7 Å². The molecule has 2 aromatic carbocycles. The van der Waals surface area contributed by atoms with Gasteiger partial charge in [-0.3, -0.25) is 9.36 Å². The Labute approximate surface area is 195 Å². The highest BCUT2D eigenvalue weighted by Crippen LogP contribution is 2.31. The van der Waals surface area contributed by atoms with Gasteiger partial charge in [0.2, 0.25) is 0 Å². The van der Waals surface area contributed by atoms with Gasteiger partial charge in [-0.2, -0.15) is 0 Å². The van der Waals surface area contributed by atoms with Crippen LogP contribution in [0.4, 0.5) is 5.69 Å². The molecule has 1 unspecified atom stereocenters. The molecule has 4 rings (SSSR count). The van der Waals surface area contributed by atoms with Gasteiger partial charge in [0.1, 0.15) is 5.75 Å². The number of aromatic nitrogens is 1. The summed E-state index contributed by atoms with van der Waals surface area (Å²) in [7, 11) is 3.90. The predicted octanol–water partition coefficient (Wildman–Crippen LogP) is 2.57. The number of benzene rings is 2. The lowest BCUT2D eigenvalue weighted by atomic mass is 9.95. The quantitative estimate of drug-likeness (QED) is 0.588. The third kappa shape index (κ3) is 4.34. The Kier molecular flexibility index (Phi) is 6.20. The molecule has 0 saturated heterocycles. The van der Waals surface area contributed by atoms with E-state index in [1.165, 1.54) is 11.3 Å². The fourth-order valence-electron chi connectivity index (χ4n) is 3.83. The summed E-state index contributed by atoms with van der Waals surface area (Å²) in [6.45, 7) is 3.74. The van der Waals surface area contributed by atoms with Crippen molar-refractivity contribution in [1.29, 1.82) is 0 Å². The topological polar surface area (TPSA) is 84.1 Å². The van der Waals surface area contributed by atoms with Crippen LogP contribution in [0.5, 0.6) is 5.75 Å². The minimum Gasteiger partial charge on any atom is -0.508 e. The van der Waals surface area contributed by atoms with Crippen LogP contribution in [0, 0.1) is 0 Å². The number of allylic oxidation sites excluding steroid dienone is 1. The van der Waals surface area contributed by atoms with Crippen LogP contribution in [0.15, 0.2) is 69.6 Å². The highest BCUT2D eigenvalue weighted by molar-refractivity contribution is 7.07. The van der Waals surface area contributed by atoms with E-state index in [0.29, 0.717) is 26.2 Å². The van der Waals surface area contributed by atoms with Crippen molar-refractivity contribution >= 4 is 29.1 Å².